The van der Waals surface area contributed by atoms with Gasteiger partial charge in [-0.3, -0.25) is 9.59 Å². The summed E-state index contributed by atoms with van der Waals surface area (Å²) in [6.07, 6.45) is -1.04. The Labute approximate surface area is 186 Å². The van der Waals surface area contributed by atoms with Gasteiger partial charge in [-0.15, -0.1) is 0 Å². The van der Waals surface area contributed by atoms with E-state index in [4.69, 9.17) is 9.47 Å². The minimum atomic E-state index is -0.982. The van der Waals surface area contributed by atoms with E-state index in [1.165, 1.54) is 12.0 Å². The van der Waals surface area contributed by atoms with Gasteiger partial charge in [0.2, 0.25) is 5.91 Å². The van der Waals surface area contributed by atoms with Crippen LogP contribution in [-0.4, -0.2) is 67.4 Å². The second-order valence-corrected chi connectivity index (χ2v) is 8.02. The molecule has 0 bridgehead atoms. The van der Waals surface area contributed by atoms with Crippen molar-refractivity contribution in [2.45, 2.75) is 18.4 Å². The maximum atomic E-state index is 12.4. The van der Waals surface area contributed by atoms with Crippen LogP contribution in [0.15, 0.2) is 48.5 Å². The van der Waals surface area contributed by atoms with Crippen LogP contribution in [0.4, 0.5) is 4.79 Å². The Hall–Kier alpha value is -3.39. The topological polar surface area (TPSA) is 105 Å². The van der Waals surface area contributed by atoms with Gasteiger partial charge in [-0.05, 0) is 22.3 Å². The molecule has 2 aromatic carbocycles. The number of nitrogens with zero attached hydrogens (tertiary/aromatic N) is 1. The van der Waals surface area contributed by atoms with Crippen LogP contribution < -0.4 is 5.32 Å². The SMILES string of the molecule is COC1CN(C(=O)CCNC(=O)OCC2c3ccccc3-c3ccccc32)CC1C(=O)O. The van der Waals surface area contributed by atoms with Crippen molar-refractivity contribution in [2.24, 2.45) is 5.92 Å². The minimum absolute atomic E-state index is 0.0293. The molecule has 0 aromatic heterocycles. The van der Waals surface area contributed by atoms with Crippen molar-refractivity contribution in [3.05, 3.63) is 59.7 Å². The molecule has 0 radical (unpaired) electrons. The number of hydrogen-bond acceptors (Lipinski definition) is 5. The number of amides is 2. The van der Waals surface area contributed by atoms with E-state index in [1.807, 2.05) is 36.4 Å². The van der Waals surface area contributed by atoms with Gasteiger partial charge < -0.3 is 24.8 Å². The third kappa shape index (κ3) is 4.31. The zero-order valence-corrected chi connectivity index (χ0v) is 17.8. The summed E-state index contributed by atoms with van der Waals surface area (Å²) in [6, 6.07) is 16.2. The van der Waals surface area contributed by atoms with Gasteiger partial charge in [0.1, 0.15) is 12.5 Å². The number of benzene rings is 2. The number of alkyl carbamates (subject to hydrolysis) is 1. The molecular weight excluding hydrogens is 412 g/mol. The normalized spacial score (nSPS) is 19.3. The van der Waals surface area contributed by atoms with Crippen molar-refractivity contribution in [2.75, 3.05) is 33.4 Å². The lowest BCUT2D eigenvalue weighted by Gasteiger charge is -2.17. The molecule has 1 heterocycles. The molecule has 1 fully saturated rings. The summed E-state index contributed by atoms with van der Waals surface area (Å²) in [6.45, 7) is 0.659. The van der Waals surface area contributed by atoms with Gasteiger partial charge in [-0.25, -0.2) is 4.79 Å². The second-order valence-electron chi connectivity index (χ2n) is 8.02. The fourth-order valence-corrected chi connectivity index (χ4v) is 4.53. The lowest BCUT2D eigenvalue weighted by Crippen LogP contribution is -2.34. The monoisotopic (exact) mass is 438 g/mol. The summed E-state index contributed by atoms with van der Waals surface area (Å²) >= 11 is 0. The van der Waals surface area contributed by atoms with Crippen molar-refractivity contribution >= 4 is 18.0 Å². The number of carbonyl (C=O) groups excluding carboxylic acids is 2. The molecule has 2 aromatic rings. The summed E-state index contributed by atoms with van der Waals surface area (Å²) in [5.74, 6) is -1.98. The number of hydrogen-bond donors (Lipinski definition) is 2. The number of nitrogens with one attached hydrogen (secondary N) is 1. The predicted octanol–water partition coefficient (Wildman–Crippen LogP) is 2.47. The molecule has 2 aliphatic rings. The Morgan fingerprint density at radius 3 is 2.22 bits per heavy atom. The Kier molecular flexibility index (Phi) is 6.41. The first kappa shape index (κ1) is 21.8. The Morgan fingerprint density at radius 2 is 1.66 bits per heavy atom. The molecule has 168 valence electrons. The van der Waals surface area contributed by atoms with E-state index >= 15 is 0 Å². The maximum Gasteiger partial charge on any atom is 0.407 e. The predicted molar refractivity (Wildman–Crippen MR) is 116 cm³/mol. The Balaban J connectivity index is 1.26. The van der Waals surface area contributed by atoms with Crippen molar-refractivity contribution in [1.82, 2.24) is 10.2 Å². The number of rotatable bonds is 7. The van der Waals surface area contributed by atoms with Gasteiger partial charge in [0.15, 0.2) is 0 Å². The Morgan fingerprint density at radius 1 is 1.03 bits per heavy atom. The molecule has 1 aliphatic carbocycles. The van der Waals surface area contributed by atoms with Crippen LogP contribution >= 0.6 is 0 Å². The zero-order valence-electron chi connectivity index (χ0n) is 17.8. The van der Waals surface area contributed by atoms with Crippen LogP contribution in [0, 0.1) is 5.92 Å². The summed E-state index contributed by atoms with van der Waals surface area (Å²) in [5, 5.41) is 11.9. The molecule has 1 aliphatic heterocycles. The van der Waals surface area contributed by atoms with Crippen molar-refractivity contribution in [3.63, 3.8) is 0 Å². The summed E-state index contributed by atoms with van der Waals surface area (Å²) in [7, 11) is 1.44. The third-order valence-electron chi connectivity index (χ3n) is 6.19. The van der Waals surface area contributed by atoms with Crippen LogP contribution in [0.3, 0.4) is 0 Å². The lowest BCUT2D eigenvalue weighted by atomic mass is 9.98. The van der Waals surface area contributed by atoms with Gasteiger partial charge in [-0.2, -0.15) is 0 Å². The number of aliphatic carboxylic acids is 1. The van der Waals surface area contributed by atoms with Gasteiger partial charge in [0.05, 0.1) is 6.10 Å². The number of ether oxygens (including phenoxy) is 2. The standard InChI is InChI=1S/C24H26N2O6/c1-31-21-13-26(12-19(21)23(28)29)22(27)10-11-25-24(30)32-14-20-17-8-4-2-6-15(17)16-7-3-5-9-18(16)20/h2-9,19-21H,10-14H2,1H3,(H,25,30)(H,28,29). The van der Waals surface area contributed by atoms with E-state index in [2.05, 4.69) is 17.4 Å². The van der Waals surface area contributed by atoms with E-state index in [1.54, 1.807) is 0 Å². The number of carboxylic acids is 1. The molecular formula is C24H26N2O6. The zero-order chi connectivity index (χ0) is 22.7. The molecule has 2 amide bonds. The molecule has 0 spiro atoms. The quantitative estimate of drug-likeness (QED) is 0.688. The van der Waals surface area contributed by atoms with Crippen molar-refractivity contribution < 1.29 is 29.0 Å². The fourth-order valence-electron chi connectivity index (χ4n) is 4.53. The van der Waals surface area contributed by atoms with Crippen molar-refractivity contribution in [1.29, 1.82) is 0 Å². The first-order valence-electron chi connectivity index (χ1n) is 10.6. The average molecular weight is 438 g/mol. The smallest absolute Gasteiger partial charge is 0.407 e. The molecule has 0 saturated carbocycles. The fraction of sp³-hybridized carbons (Fsp3) is 0.375. The van der Waals surface area contributed by atoms with Crippen molar-refractivity contribution in [3.8, 4) is 11.1 Å². The molecule has 8 nitrogen and oxygen atoms in total. The highest BCUT2D eigenvalue weighted by atomic mass is 16.5. The van der Waals surface area contributed by atoms with Crippen LogP contribution in [0.1, 0.15) is 23.5 Å². The van der Waals surface area contributed by atoms with E-state index in [0.717, 1.165) is 22.3 Å². The van der Waals surface area contributed by atoms with Crippen LogP contribution in [0.5, 0.6) is 0 Å². The Bertz CT molecular complexity index is 978. The average Bonchev–Trinajstić information content (AvgIpc) is 3.38. The molecule has 2 atom stereocenters. The lowest BCUT2D eigenvalue weighted by molar-refractivity contribution is -0.144. The molecule has 1 saturated heterocycles. The first-order valence-corrected chi connectivity index (χ1v) is 10.6. The summed E-state index contributed by atoms with van der Waals surface area (Å²) in [4.78, 5) is 37.3. The van der Waals surface area contributed by atoms with E-state index in [0.29, 0.717) is 0 Å². The van der Waals surface area contributed by atoms with E-state index < -0.39 is 24.1 Å². The highest BCUT2D eigenvalue weighted by Gasteiger charge is 2.39. The maximum absolute atomic E-state index is 12.4. The first-order chi connectivity index (χ1) is 15.5. The molecule has 32 heavy (non-hydrogen) atoms. The van der Waals surface area contributed by atoms with Crippen LogP contribution in [0.25, 0.3) is 11.1 Å². The summed E-state index contributed by atoms with van der Waals surface area (Å²) in [5.41, 5.74) is 4.57. The molecule has 8 heteroatoms. The number of likely N-dealkylation sites (tertiary alicyclic amines) is 1. The van der Waals surface area contributed by atoms with Crippen LogP contribution in [-0.2, 0) is 19.1 Å². The van der Waals surface area contributed by atoms with Gasteiger partial charge in [-0.1, -0.05) is 48.5 Å². The van der Waals surface area contributed by atoms with Gasteiger partial charge in [0.25, 0.3) is 0 Å². The van der Waals surface area contributed by atoms with E-state index in [9.17, 15) is 19.5 Å². The molecule has 2 N–H and O–H groups in total. The molecule has 4 rings (SSSR count). The highest BCUT2D eigenvalue weighted by Crippen LogP contribution is 2.44. The second kappa shape index (κ2) is 9.40. The number of methoxy groups -OCH3 is 1. The summed E-state index contributed by atoms with van der Waals surface area (Å²) < 4.78 is 10.6. The van der Waals surface area contributed by atoms with Crippen LogP contribution in [0.2, 0.25) is 0 Å². The number of carboxylic acid groups (broad SMARTS) is 1. The number of fused-ring (bicyclic) bond motifs is 3. The number of carbonyl (C=O) groups is 3. The third-order valence-corrected chi connectivity index (χ3v) is 6.19. The van der Waals surface area contributed by atoms with E-state index in [-0.39, 0.29) is 44.5 Å². The minimum Gasteiger partial charge on any atom is -0.481 e. The van der Waals surface area contributed by atoms with Gasteiger partial charge >= 0.3 is 12.1 Å². The highest BCUT2D eigenvalue weighted by molar-refractivity contribution is 5.80. The van der Waals surface area contributed by atoms with Gasteiger partial charge in [0, 0.05) is 39.1 Å². The molecule has 2 unspecified atom stereocenters. The largest absolute Gasteiger partial charge is 0.481 e.